The van der Waals surface area contributed by atoms with Gasteiger partial charge in [0.1, 0.15) is 10.6 Å². The van der Waals surface area contributed by atoms with Crippen molar-refractivity contribution in [3.05, 3.63) is 55.6 Å². The predicted octanol–water partition coefficient (Wildman–Crippen LogP) is 3.74. The minimum atomic E-state index is -0.453. The third-order valence-corrected chi connectivity index (χ3v) is 5.35. The molecule has 0 atom stereocenters. The van der Waals surface area contributed by atoms with E-state index in [9.17, 15) is 9.18 Å². The zero-order valence-electron chi connectivity index (χ0n) is 11.0. The lowest BCUT2D eigenvalue weighted by molar-refractivity contribution is 0.615. The van der Waals surface area contributed by atoms with Gasteiger partial charge in [-0.15, -0.1) is 11.3 Å². The lowest BCUT2D eigenvalue weighted by atomic mass is 10.2. The van der Waals surface area contributed by atoms with Crippen LogP contribution < -0.4 is 5.56 Å². The Morgan fingerprint density at radius 3 is 2.90 bits per heavy atom. The van der Waals surface area contributed by atoms with Crippen LogP contribution in [0, 0.1) is 10.6 Å². The van der Waals surface area contributed by atoms with Crippen LogP contribution in [0.25, 0.3) is 15.9 Å². The lowest BCUT2D eigenvalue weighted by Crippen LogP contribution is -2.21. The molecule has 6 heteroatoms. The first-order valence-corrected chi connectivity index (χ1v) is 7.94. The first-order chi connectivity index (χ1) is 10.2. The molecule has 106 valence electrons. The van der Waals surface area contributed by atoms with E-state index in [0.29, 0.717) is 5.39 Å². The van der Waals surface area contributed by atoms with Gasteiger partial charge in [-0.1, -0.05) is 12.1 Å². The summed E-state index contributed by atoms with van der Waals surface area (Å²) in [6, 6.07) is 6.19. The third kappa shape index (κ3) is 1.82. The van der Waals surface area contributed by atoms with Crippen LogP contribution >= 0.6 is 23.6 Å². The Morgan fingerprint density at radius 2 is 2.10 bits per heavy atom. The molecule has 0 radical (unpaired) electrons. The first kappa shape index (κ1) is 12.9. The Hall–Kier alpha value is -1.79. The first-order valence-electron chi connectivity index (χ1n) is 6.71. The minimum Gasteiger partial charge on any atom is -0.323 e. The molecule has 3 aromatic rings. The van der Waals surface area contributed by atoms with Gasteiger partial charge in [0.15, 0.2) is 4.77 Å². The van der Waals surface area contributed by atoms with E-state index in [4.69, 9.17) is 12.2 Å². The van der Waals surface area contributed by atoms with Gasteiger partial charge in [-0.2, -0.15) is 0 Å². The lowest BCUT2D eigenvalue weighted by Gasteiger charge is -2.07. The van der Waals surface area contributed by atoms with Crippen molar-refractivity contribution in [1.29, 1.82) is 0 Å². The Morgan fingerprint density at radius 1 is 1.29 bits per heavy atom. The number of thiophene rings is 1. The molecule has 0 aliphatic heterocycles. The highest BCUT2D eigenvalue weighted by Gasteiger charge is 2.22. The van der Waals surface area contributed by atoms with E-state index in [1.807, 2.05) is 0 Å². The second-order valence-corrected chi connectivity index (χ2v) is 6.58. The molecule has 1 aliphatic carbocycles. The number of H-pyrrole nitrogens is 1. The van der Waals surface area contributed by atoms with Crippen LogP contribution in [0.5, 0.6) is 0 Å². The molecule has 2 heterocycles. The number of aromatic nitrogens is 2. The van der Waals surface area contributed by atoms with E-state index >= 15 is 0 Å². The molecule has 0 bridgehead atoms. The highest BCUT2D eigenvalue weighted by molar-refractivity contribution is 7.71. The average Bonchev–Trinajstić information content (AvgIpc) is 3.00. The molecule has 2 aromatic heterocycles. The van der Waals surface area contributed by atoms with Crippen LogP contribution in [-0.2, 0) is 12.8 Å². The molecule has 21 heavy (non-hydrogen) atoms. The number of halogens is 1. The summed E-state index contributed by atoms with van der Waals surface area (Å²) in [4.78, 5) is 18.0. The van der Waals surface area contributed by atoms with Crippen molar-refractivity contribution in [2.24, 2.45) is 0 Å². The maximum atomic E-state index is 14.0. The molecule has 0 saturated heterocycles. The summed E-state index contributed by atoms with van der Waals surface area (Å²) in [7, 11) is 0. The number of benzene rings is 1. The quantitative estimate of drug-likeness (QED) is 0.694. The van der Waals surface area contributed by atoms with Gasteiger partial charge in [0.2, 0.25) is 0 Å². The van der Waals surface area contributed by atoms with Gasteiger partial charge >= 0.3 is 0 Å². The number of para-hydroxylation sites is 1. The maximum Gasteiger partial charge on any atom is 0.268 e. The van der Waals surface area contributed by atoms with Crippen molar-refractivity contribution in [3.63, 3.8) is 0 Å². The normalized spacial score (nSPS) is 13.8. The van der Waals surface area contributed by atoms with Crippen molar-refractivity contribution >= 4 is 33.8 Å². The monoisotopic (exact) mass is 318 g/mol. The van der Waals surface area contributed by atoms with Gasteiger partial charge in [-0.25, -0.2) is 8.96 Å². The second kappa shape index (κ2) is 4.61. The molecule has 1 aromatic carbocycles. The Balaban J connectivity index is 2.14. The molecular formula is C15H11FN2OS2. The van der Waals surface area contributed by atoms with Crippen LogP contribution in [0.15, 0.2) is 29.1 Å². The van der Waals surface area contributed by atoms with E-state index < -0.39 is 5.82 Å². The van der Waals surface area contributed by atoms with E-state index in [1.165, 1.54) is 15.5 Å². The fraction of sp³-hybridized carbons (Fsp3) is 0.200. The van der Waals surface area contributed by atoms with Crippen LogP contribution in [0.1, 0.15) is 16.9 Å². The third-order valence-electron chi connectivity index (χ3n) is 3.86. The fourth-order valence-electron chi connectivity index (χ4n) is 2.93. The molecule has 0 unspecified atom stereocenters. The van der Waals surface area contributed by atoms with Crippen LogP contribution in [0.2, 0.25) is 0 Å². The zero-order chi connectivity index (χ0) is 14.6. The summed E-state index contributed by atoms with van der Waals surface area (Å²) in [6.07, 6.45) is 2.99. The average molecular weight is 318 g/mol. The molecule has 0 fully saturated rings. The topological polar surface area (TPSA) is 37.8 Å². The second-order valence-electron chi connectivity index (χ2n) is 5.08. The Kier molecular flexibility index (Phi) is 2.83. The summed E-state index contributed by atoms with van der Waals surface area (Å²) < 4.78 is 15.5. The molecule has 0 saturated carbocycles. The number of hydrogen-bond acceptors (Lipinski definition) is 3. The largest absolute Gasteiger partial charge is 0.323 e. The smallest absolute Gasteiger partial charge is 0.268 e. The zero-order valence-corrected chi connectivity index (χ0v) is 12.6. The highest BCUT2D eigenvalue weighted by Crippen LogP contribution is 2.34. The molecule has 4 rings (SSSR count). The van der Waals surface area contributed by atoms with Crippen molar-refractivity contribution < 1.29 is 4.39 Å². The summed E-state index contributed by atoms with van der Waals surface area (Å²) in [5.41, 5.74) is 1.08. The van der Waals surface area contributed by atoms with Gasteiger partial charge in [0.25, 0.3) is 5.56 Å². The number of nitrogens with one attached hydrogen (secondary N) is 1. The molecule has 1 N–H and O–H groups in total. The van der Waals surface area contributed by atoms with Gasteiger partial charge in [-0.05, 0) is 49.2 Å². The minimum absolute atomic E-state index is 0.198. The number of nitrogens with zero attached hydrogens (tertiary/aromatic N) is 1. The molecular weight excluding hydrogens is 307 g/mol. The van der Waals surface area contributed by atoms with Crippen LogP contribution in [-0.4, -0.2) is 9.55 Å². The summed E-state index contributed by atoms with van der Waals surface area (Å²) in [5, 5.41) is 0.671. The number of aryl methyl sites for hydroxylation is 2. The van der Waals surface area contributed by atoms with Gasteiger partial charge in [0.05, 0.1) is 11.1 Å². The number of rotatable bonds is 1. The number of aromatic amines is 1. The number of hydrogen-bond donors (Lipinski definition) is 1. The van der Waals surface area contributed by atoms with Crippen molar-refractivity contribution in [2.75, 3.05) is 0 Å². The van der Waals surface area contributed by atoms with Gasteiger partial charge in [0, 0.05) is 4.88 Å². The van der Waals surface area contributed by atoms with Crippen molar-refractivity contribution in [1.82, 2.24) is 9.55 Å². The fourth-order valence-corrected chi connectivity index (χ4v) is 4.56. The van der Waals surface area contributed by atoms with Gasteiger partial charge in [-0.3, -0.25) is 4.79 Å². The Labute approximate surface area is 128 Å². The molecule has 0 spiro atoms. The molecule has 1 aliphatic rings. The summed E-state index contributed by atoms with van der Waals surface area (Å²) >= 11 is 6.86. The standard InChI is InChI=1S/C15H11FN2OS2/c16-9-5-1-2-6-10(9)18-14(19)12-8-4-3-7-11(8)21-13(12)17-15(18)20/h1-2,5-6H,3-4,7H2,(H,17,20). The van der Waals surface area contributed by atoms with Crippen LogP contribution in [0.3, 0.4) is 0 Å². The SMILES string of the molecule is O=c1c2c3c(sc2[nH]c(=S)n1-c1ccccc1F)CCC3. The Bertz CT molecular complexity index is 983. The van der Waals surface area contributed by atoms with E-state index in [2.05, 4.69) is 4.98 Å². The predicted molar refractivity (Wildman–Crippen MR) is 84.6 cm³/mol. The van der Waals surface area contributed by atoms with E-state index in [0.717, 1.165) is 29.7 Å². The van der Waals surface area contributed by atoms with Crippen LogP contribution in [0.4, 0.5) is 4.39 Å². The van der Waals surface area contributed by atoms with Crippen molar-refractivity contribution in [3.8, 4) is 5.69 Å². The van der Waals surface area contributed by atoms with Gasteiger partial charge < -0.3 is 4.98 Å². The van der Waals surface area contributed by atoms with E-state index in [1.54, 1.807) is 29.5 Å². The van der Waals surface area contributed by atoms with E-state index in [-0.39, 0.29) is 16.0 Å². The summed E-state index contributed by atoms with van der Waals surface area (Å²) in [5.74, 6) is -0.453. The highest BCUT2D eigenvalue weighted by atomic mass is 32.1. The molecule has 3 nitrogen and oxygen atoms in total. The number of fused-ring (bicyclic) bond motifs is 3. The maximum absolute atomic E-state index is 14.0. The summed E-state index contributed by atoms with van der Waals surface area (Å²) in [6.45, 7) is 0. The van der Waals surface area contributed by atoms with Crippen molar-refractivity contribution in [2.45, 2.75) is 19.3 Å². The molecule has 0 amide bonds.